The molecular formula is C12H12N2OS. The molecule has 0 radical (unpaired) electrons. The number of hydrogen-bond acceptors (Lipinski definition) is 3. The molecule has 0 saturated heterocycles. The Kier molecular flexibility index (Phi) is 3.01. The molecule has 0 unspecified atom stereocenters. The van der Waals surface area contributed by atoms with Gasteiger partial charge in [-0.1, -0.05) is 6.08 Å². The number of thiazole rings is 1. The Morgan fingerprint density at radius 1 is 1.62 bits per heavy atom. The van der Waals surface area contributed by atoms with Gasteiger partial charge in [0.05, 0.1) is 15.2 Å². The summed E-state index contributed by atoms with van der Waals surface area (Å²) in [4.78, 5) is 16.0. The Balaban J connectivity index is 2.31. The van der Waals surface area contributed by atoms with Crippen molar-refractivity contribution >= 4 is 27.5 Å². The van der Waals surface area contributed by atoms with Crippen LogP contribution in [0.3, 0.4) is 0 Å². The van der Waals surface area contributed by atoms with Crippen molar-refractivity contribution in [3.63, 3.8) is 0 Å². The van der Waals surface area contributed by atoms with Crippen molar-refractivity contribution in [1.29, 1.82) is 0 Å². The number of nitrogens with one attached hydrogen (secondary N) is 1. The average molecular weight is 232 g/mol. The molecule has 0 atom stereocenters. The van der Waals surface area contributed by atoms with Gasteiger partial charge in [-0.05, 0) is 25.1 Å². The van der Waals surface area contributed by atoms with Crippen molar-refractivity contribution in [2.24, 2.45) is 0 Å². The summed E-state index contributed by atoms with van der Waals surface area (Å²) in [7, 11) is 0. The van der Waals surface area contributed by atoms with Crippen LogP contribution in [0.15, 0.2) is 30.9 Å². The lowest BCUT2D eigenvalue weighted by Crippen LogP contribution is -2.22. The number of fused-ring (bicyclic) bond motifs is 1. The van der Waals surface area contributed by atoms with E-state index in [2.05, 4.69) is 16.9 Å². The molecule has 16 heavy (non-hydrogen) atoms. The minimum atomic E-state index is -0.0761. The van der Waals surface area contributed by atoms with Crippen LogP contribution < -0.4 is 5.32 Å². The van der Waals surface area contributed by atoms with Gasteiger partial charge in [-0.15, -0.1) is 17.9 Å². The molecule has 1 N–H and O–H groups in total. The standard InChI is InChI=1S/C12H12N2OS/c1-3-6-13-12(15)9-4-5-10-11(7-9)16-8(2)14-10/h3-5,7H,1,6H2,2H3,(H,13,15). The summed E-state index contributed by atoms with van der Waals surface area (Å²) in [5, 5.41) is 3.76. The Labute approximate surface area is 97.8 Å². The number of carbonyl (C=O) groups is 1. The zero-order chi connectivity index (χ0) is 11.5. The van der Waals surface area contributed by atoms with Gasteiger partial charge in [0.1, 0.15) is 0 Å². The van der Waals surface area contributed by atoms with Crippen LogP contribution in [-0.2, 0) is 0 Å². The maximum atomic E-state index is 11.7. The second-order valence-corrected chi connectivity index (χ2v) is 4.65. The lowest BCUT2D eigenvalue weighted by atomic mass is 10.2. The van der Waals surface area contributed by atoms with Gasteiger partial charge in [-0.25, -0.2) is 4.98 Å². The maximum absolute atomic E-state index is 11.7. The molecule has 1 aromatic heterocycles. The third-order valence-corrected chi connectivity index (χ3v) is 3.10. The van der Waals surface area contributed by atoms with Gasteiger partial charge in [0.15, 0.2) is 0 Å². The fourth-order valence-electron chi connectivity index (χ4n) is 1.45. The molecule has 3 nitrogen and oxygen atoms in total. The van der Waals surface area contributed by atoms with E-state index in [9.17, 15) is 4.79 Å². The number of aromatic nitrogens is 1. The van der Waals surface area contributed by atoms with Crippen molar-refractivity contribution in [1.82, 2.24) is 10.3 Å². The zero-order valence-corrected chi connectivity index (χ0v) is 9.80. The summed E-state index contributed by atoms with van der Waals surface area (Å²) in [5.74, 6) is -0.0761. The molecule has 1 heterocycles. The van der Waals surface area contributed by atoms with Crippen LogP contribution in [0.2, 0.25) is 0 Å². The van der Waals surface area contributed by atoms with Gasteiger partial charge < -0.3 is 5.32 Å². The lowest BCUT2D eigenvalue weighted by molar-refractivity contribution is 0.0958. The molecule has 0 aliphatic carbocycles. The summed E-state index contributed by atoms with van der Waals surface area (Å²) in [5.41, 5.74) is 1.61. The average Bonchev–Trinajstić information content (AvgIpc) is 2.64. The highest BCUT2D eigenvalue weighted by atomic mass is 32.1. The molecule has 0 saturated carbocycles. The van der Waals surface area contributed by atoms with Crippen molar-refractivity contribution in [2.75, 3.05) is 6.54 Å². The molecule has 1 aromatic carbocycles. The first-order valence-electron chi connectivity index (χ1n) is 4.97. The van der Waals surface area contributed by atoms with Crippen molar-refractivity contribution in [3.05, 3.63) is 41.4 Å². The van der Waals surface area contributed by atoms with E-state index in [0.717, 1.165) is 15.2 Å². The van der Waals surface area contributed by atoms with Crippen LogP contribution in [0.1, 0.15) is 15.4 Å². The molecule has 0 aliphatic heterocycles. The summed E-state index contributed by atoms with van der Waals surface area (Å²) in [6, 6.07) is 5.54. The molecular weight excluding hydrogens is 220 g/mol. The molecule has 0 spiro atoms. The zero-order valence-electron chi connectivity index (χ0n) is 8.99. The quantitative estimate of drug-likeness (QED) is 0.826. The second-order valence-electron chi connectivity index (χ2n) is 3.41. The van der Waals surface area contributed by atoms with Crippen molar-refractivity contribution in [3.8, 4) is 0 Å². The largest absolute Gasteiger partial charge is 0.349 e. The molecule has 2 aromatic rings. The van der Waals surface area contributed by atoms with Gasteiger partial charge in [0.25, 0.3) is 5.91 Å². The first-order chi connectivity index (χ1) is 7.70. The topological polar surface area (TPSA) is 42.0 Å². The molecule has 4 heteroatoms. The number of nitrogens with zero attached hydrogens (tertiary/aromatic N) is 1. The van der Waals surface area contributed by atoms with Crippen LogP contribution in [-0.4, -0.2) is 17.4 Å². The van der Waals surface area contributed by atoms with E-state index in [1.165, 1.54) is 0 Å². The summed E-state index contributed by atoms with van der Waals surface area (Å²) in [6.45, 7) is 6.00. The summed E-state index contributed by atoms with van der Waals surface area (Å²) in [6.07, 6.45) is 1.66. The Bertz CT molecular complexity index is 545. The molecule has 0 bridgehead atoms. The number of amides is 1. The normalized spacial score (nSPS) is 10.3. The van der Waals surface area contributed by atoms with Gasteiger partial charge in [-0.3, -0.25) is 4.79 Å². The van der Waals surface area contributed by atoms with E-state index >= 15 is 0 Å². The van der Waals surface area contributed by atoms with Crippen LogP contribution in [0.4, 0.5) is 0 Å². The Morgan fingerprint density at radius 2 is 2.44 bits per heavy atom. The van der Waals surface area contributed by atoms with Gasteiger partial charge in [0, 0.05) is 12.1 Å². The minimum Gasteiger partial charge on any atom is -0.349 e. The van der Waals surface area contributed by atoms with E-state index in [1.54, 1.807) is 23.5 Å². The number of rotatable bonds is 3. The van der Waals surface area contributed by atoms with Crippen molar-refractivity contribution < 1.29 is 4.79 Å². The third kappa shape index (κ3) is 2.12. The molecule has 0 fully saturated rings. The number of aryl methyl sites for hydroxylation is 1. The first kappa shape index (κ1) is 10.8. The van der Waals surface area contributed by atoms with Gasteiger partial charge in [-0.2, -0.15) is 0 Å². The summed E-state index contributed by atoms with van der Waals surface area (Å²) < 4.78 is 1.05. The predicted octanol–water partition coefficient (Wildman–Crippen LogP) is 2.52. The summed E-state index contributed by atoms with van der Waals surface area (Å²) >= 11 is 1.60. The molecule has 82 valence electrons. The Hall–Kier alpha value is -1.68. The maximum Gasteiger partial charge on any atom is 0.251 e. The fourth-order valence-corrected chi connectivity index (χ4v) is 2.31. The molecule has 2 rings (SSSR count). The second kappa shape index (κ2) is 4.45. The number of hydrogen-bond donors (Lipinski definition) is 1. The molecule has 1 amide bonds. The molecule has 0 aliphatic rings. The van der Waals surface area contributed by atoms with Gasteiger partial charge in [0.2, 0.25) is 0 Å². The highest BCUT2D eigenvalue weighted by Gasteiger charge is 2.07. The lowest BCUT2D eigenvalue weighted by Gasteiger charge is -2.01. The SMILES string of the molecule is C=CCNC(=O)c1ccc2nc(C)sc2c1. The van der Waals surface area contributed by atoms with E-state index in [4.69, 9.17) is 0 Å². The highest BCUT2D eigenvalue weighted by Crippen LogP contribution is 2.22. The predicted molar refractivity (Wildman–Crippen MR) is 66.9 cm³/mol. The van der Waals surface area contributed by atoms with Gasteiger partial charge >= 0.3 is 0 Å². The first-order valence-corrected chi connectivity index (χ1v) is 5.78. The third-order valence-electron chi connectivity index (χ3n) is 2.16. The van der Waals surface area contributed by atoms with E-state index in [1.807, 2.05) is 19.1 Å². The van der Waals surface area contributed by atoms with Crippen LogP contribution in [0.25, 0.3) is 10.2 Å². The minimum absolute atomic E-state index is 0.0761. The Morgan fingerprint density at radius 3 is 3.19 bits per heavy atom. The smallest absolute Gasteiger partial charge is 0.251 e. The number of carbonyl (C=O) groups excluding carboxylic acids is 1. The van der Waals surface area contributed by atoms with E-state index in [0.29, 0.717) is 12.1 Å². The van der Waals surface area contributed by atoms with Crippen molar-refractivity contribution in [2.45, 2.75) is 6.92 Å². The van der Waals surface area contributed by atoms with E-state index in [-0.39, 0.29) is 5.91 Å². The van der Waals surface area contributed by atoms with Crippen LogP contribution in [0.5, 0.6) is 0 Å². The fraction of sp³-hybridized carbons (Fsp3) is 0.167. The van der Waals surface area contributed by atoms with Crippen LogP contribution >= 0.6 is 11.3 Å². The monoisotopic (exact) mass is 232 g/mol. The highest BCUT2D eigenvalue weighted by molar-refractivity contribution is 7.18. The van der Waals surface area contributed by atoms with Crippen LogP contribution in [0, 0.1) is 6.92 Å². The van der Waals surface area contributed by atoms with E-state index < -0.39 is 0 Å². The number of benzene rings is 1.